The second-order valence-electron chi connectivity index (χ2n) is 5.75. The number of hydrogen-bond acceptors (Lipinski definition) is 1. The Kier molecular flexibility index (Phi) is 5.03. The highest BCUT2D eigenvalue weighted by Gasteiger charge is 2.14. The number of pyridine rings is 1. The van der Waals surface area contributed by atoms with Crippen molar-refractivity contribution in [2.24, 2.45) is 11.8 Å². The molecule has 0 amide bonds. The molecule has 1 aliphatic rings. The van der Waals surface area contributed by atoms with Gasteiger partial charge in [0.15, 0.2) is 0 Å². The van der Waals surface area contributed by atoms with Crippen LogP contribution >= 0.6 is 0 Å². The van der Waals surface area contributed by atoms with Gasteiger partial charge in [-0.2, -0.15) is 0 Å². The molecule has 1 unspecified atom stereocenters. The Balaban J connectivity index is 1.68. The first kappa shape index (κ1) is 12.6. The van der Waals surface area contributed by atoms with E-state index in [2.05, 4.69) is 24.0 Å². The van der Waals surface area contributed by atoms with Gasteiger partial charge in [0.2, 0.25) is 0 Å². The Hall–Kier alpha value is -0.850. The Bertz CT molecular complexity index is 301. The quantitative estimate of drug-likeness (QED) is 0.720. The van der Waals surface area contributed by atoms with Gasteiger partial charge in [0.1, 0.15) is 0 Å². The van der Waals surface area contributed by atoms with Gasteiger partial charge in [-0.25, -0.2) is 0 Å². The molecule has 1 atom stereocenters. The van der Waals surface area contributed by atoms with Crippen LogP contribution in [-0.2, 0) is 6.42 Å². The summed E-state index contributed by atoms with van der Waals surface area (Å²) < 4.78 is 0. The maximum absolute atomic E-state index is 4.07. The number of aromatic nitrogens is 1. The normalized spacial score (nSPS) is 19.1. The Morgan fingerprint density at radius 2 is 1.88 bits per heavy atom. The first-order valence-corrected chi connectivity index (χ1v) is 7.23. The van der Waals surface area contributed by atoms with Gasteiger partial charge < -0.3 is 0 Å². The van der Waals surface area contributed by atoms with Crippen molar-refractivity contribution in [3.63, 3.8) is 0 Å². The predicted molar refractivity (Wildman–Crippen MR) is 72.9 cm³/mol. The number of nitrogens with zero attached hydrogens (tertiary/aromatic N) is 1. The molecule has 94 valence electrons. The molecule has 1 heterocycles. The van der Waals surface area contributed by atoms with Crippen LogP contribution in [0.15, 0.2) is 24.5 Å². The molecule has 17 heavy (non-hydrogen) atoms. The monoisotopic (exact) mass is 231 g/mol. The largest absolute Gasteiger partial charge is 0.265 e. The summed E-state index contributed by atoms with van der Waals surface area (Å²) in [6.07, 6.45) is 15.3. The molecule has 0 N–H and O–H groups in total. The Labute approximate surface area is 106 Å². The zero-order chi connectivity index (χ0) is 11.9. The van der Waals surface area contributed by atoms with Crippen LogP contribution in [-0.4, -0.2) is 4.98 Å². The van der Waals surface area contributed by atoms with Gasteiger partial charge in [0, 0.05) is 12.4 Å². The smallest absolute Gasteiger partial charge is 0.0270 e. The van der Waals surface area contributed by atoms with Crippen molar-refractivity contribution in [1.82, 2.24) is 4.98 Å². The number of hydrogen-bond donors (Lipinski definition) is 0. The van der Waals surface area contributed by atoms with Crippen LogP contribution < -0.4 is 0 Å². The molecule has 1 heteroatoms. The minimum Gasteiger partial charge on any atom is -0.265 e. The topological polar surface area (TPSA) is 12.9 Å². The maximum Gasteiger partial charge on any atom is 0.0270 e. The molecule has 0 aliphatic heterocycles. The lowest BCUT2D eigenvalue weighted by Gasteiger charge is -2.23. The lowest BCUT2D eigenvalue weighted by atomic mass is 9.83. The summed E-state index contributed by atoms with van der Waals surface area (Å²) in [5, 5.41) is 0. The molecule has 1 aliphatic carbocycles. The van der Waals surface area contributed by atoms with E-state index in [9.17, 15) is 0 Å². The second kappa shape index (κ2) is 6.78. The highest BCUT2D eigenvalue weighted by atomic mass is 14.6. The fraction of sp³-hybridized carbons (Fsp3) is 0.688. The van der Waals surface area contributed by atoms with Gasteiger partial charge in [0.05, 0.1) is 0 Å². The van der Waals surface area contributed by atoms with Crippen molar-refractivity contribution in [3.8, 4) is 0 Å². The molecule has 0 radical (unpaired) electrons. The lowest BCUT2D eigenvalue weighted by molar-refractivity contribution is 0.312. The molecular weight excluding hydrogens is 206 g/mol. The van der Waals surface area contributed by atoms with E-state index in [0.717, 1.165) is 11.8 Å². The van der Waals surface area contributed by atoms with E-state index in [0.29, 0.717) is 0 Å². The summed E-state index contributed by atoms with van der Waals surface area (Å²) in [5.41, 5.74) is 1.44. The molecular formula is C16H25N. The molecule has 1 aromatic heterocycles. The van der Waals surface area contributed by atoms with Crippen molar-refractivity contribution < 1.29 is 0 Å². The third-order valence-electron chi connectivity index (χ3n) is 4.13. The number of rotatable bonds is 5. The maximum atomic E-state index is 4.07. The fourth-order valence-corrected chi connectivity index (χ4v) is 3.02. The predicted octanol–water partition coefficient (Wildman–Crippen LogP) is 4.62. The van der Waals surface area contributed by atoms with E-state index in [4.69, 9.17) is 0 Å². The van der Waals surface area contributed by atoms with Crippen LogP contribution in [0.5, 0.6) is 0 Å². The van der Waals surface area contributed by atoms with E-state index in [1.807, 2.05) is 12.4 Å². The summed E-state index contributed by atoms with van der Waals surface area (Å²) in [6.45, 7) is 2.39. The van der Waals surface area contributed by atoms with Gasteiger partial charge in [-0.1, -0.05) is 51.9 Å². The van der Waals surface area contributed by atoms with Crippen molar-refractivity contribution in [2.75, 3.05) is 0 Å². The van der Waals surface area contributed by atoms with E-state index in [1.165, 1.54) is 56.9 Å². The highest BCUT2D eigenvalue weighted by molar-refractivity contribution is 5.10. The molecule has 1 fully saturated rings. The van der Waals surface area contributed by atoms with E-state index >= 15 is 0 Å². The summed E-state index contributed by atoms with van der Waals surface area (Å²) >= 11 is 0. The summed E-state index contributed by atoms with van der Waals surface area (Å²) in [5.74, 6) is 1.85. The van der Waals surface area contributed by atoms with E-state index in [1.54, 1.807) is 0 Å². The molecule has 2 rings (SSSR count). The van der Waals surface area contributed by atoms with Crippen molar-refractivity contribution in [1.29, 1.82) is 0 Å². The fourth-order valence-electron chi connectivity index (χ4n) is 3.02. The molecule has 1 aromatic rings. The second-order valence-corrected chi connectivity index (χ2v) is 5.75. The zero-order valence-corrected chi connectivity index (χ0v) is 11.1. The Morgan fingerprint density at radius 3 is 2.59 bits per heavy atom. The minimum atomic E-state index is 0.819. The van der Waals surface area contributed by atoms with Gasteiger partial charge in [-0.3, -0.25) is 4.98 Å². The van der Waals surface area contributed by atoms with Crippen LogP contribution in [0, 0.1) is 11.8 Å². The van der Waals surface area contributed by atoms with Crippen LogP contribution in [0.25, 0.3) is 0 Å². The third kappa shape index (κ3) is 4.49. The van der Waals surface area contributed by atoms with Gasteiger partial charge in [-0.05, 0) is 36.0 Å². The third-order valence-corrected chi connectivity index (χ3v) is 4.13. The average molecular weight is 231 g/mol. The van der Waals surface area contributed by atoms with Crippen LogP contribution in [0.4, 0.5) is 0 Å². The molecule has 0 spiro atoms. The summed E-state index contributed by atoms with van der Waals surface area (Å²) in [4.78, 5) is 4.07. The molecule has 1 saturated carbocycles. The summed E-state index contributed by atoms with van der Waals surface area (Å²) in [6, 6.07) is 4.30. The lowest BCUT2D eigenvalue weighted by Crippen LogP contribution is -2.09. The van der Waals surface area contributed by atoms with Gasteiger partial charge >= 0.3 is 0 Å². The standard InChI is InChI=1S/C16H25N/c1-14(13-16-9-11-17-12-10-16)7-8-15-5-3-2-4-6-15/h9-12,14-15H,2-8,13H2,1H3. The molecule has 1 nitrogen and oxygen atoms in total. The Morgan fingerprint density at radius 1 is 1.18 bits per heavy atom. The van der Waals surface area contributed by atoms with E-state index < -0.39 is 0 Å². The van der Waals surface area contributed by atoms with Crippen molar-refractivity contribution in [2.45, 2.75) is 58.3 Å². The van der Waals surface area contributed by atoms with Crippen LogP contribution in [0.1, 0.15) is 57.4 Å². The highest BCUT2D eigenvalue weighted by Crippen LogP contribution is 2.29. The SMILES string of the molecule is CC(CCC1CCCCC1)Cc1ccncc1. The van der Waals surface area contributed by atoms with Crippen molar-refractivity contribution in [3.05, 3.63) is 30.1 Å². The minimum absolute atomic E-state index is 0.819. The van der Waals surface area contributed by atoms with E-state index in [-0.39, 0.29) is 0 Å². The zero-order valence-electron chi connectivity index (χ0n) is 11.1. The van der Waals surface area contributed by atoms with Crippen LogP contribution in [0.2, 0.25) is 0 Å². The molecule has 0 bridgehead atoms. The molecule has 0 aromatic carbocycles. The summed E-state index contributed by atoms with van der Waals surface area (Å²) in [7, 11) is 0. The van der Waals surface area contributed by atoms with Gasteiger partial charge in [-0.15, -0.1) is 0 Å². The van der Waals surface area contributed by atoms with Crippen molar-refractivity contribution >= 4 is 0 Å². The molecule has 0 saturated heterocycles. The van der Waals surface area contributed by atoms with Crippen LogP contribution in [0.3, 0.4) is 0 Å². The van der Waals surface area contributed by atoms with Gasteiger partial charge in [0.25, 0.3) is 0 Å². The first-order chi connectivity index (χ1) is 8.34. The first-order valence-electron chi connectivity index (χ1n) is 7.23. The average Bonchev–Trinajstić information content (AvgIpc) is 2.39.